The van der Waals surface area contributed by atoms with Crippen LogP contribution < -0.4 is 5.32 Å². The number of rotatable bonds is 6. The maximum absolute atomic E-state index is 4.66. The minimum absolute atomic E-state index is 0.488. The van der Waals surface area contributed by atoms with E-state index in [2.05, 4.69) is 51.5 Å². The average Bonchev–Trinajstić information content (AvgIpc) is 3.02. The standard InChI is InChI=1S/C16H19N5S/c1-3-11(2)22-16-19-14(13-10-18-21-15(13)20-16)17-9-12-7-5-4-6-8-12/h4-8,10-11H,3,9H2,1-2H3,(H2,17,18,19,20,21). The Balaban J connectivity index is 1.85. The maximum atomic E-state index is 4.66. The van der Waals surface area contributed by atoms with Crippen LogP contribution in [0.25, 0.3) is 11.0 Å². The Morgan fingerprint density at radius 1 is 1.23 bits per heavy atom. The number of hydrogen-bond acceptors (Lipinski definition) is 5. The number of hydrogen-bond donors (Lipinski definition) is 2. The van der Waals surface area contributed by atoms with Crippen LogP contribution in [0.1, 0.15) is 25.8 Å². The summed E-state index contributed by atoms with van der Waals surface area (Å²) in [6, 6.07) is 10.3. The van der Waals surface area contributed by atoms with Gasteiger partial charge in [-0.25, -0.2) is 9.97 Å². The van der Waals surface area contributed by atoms with E-state index in [0.29, 0.717) is 5.25 Å². The van der Waals surface area contributed by atoms with Gasteiger partial charge < -0.3 is 5.32 Å². The predicted molar refractivity (Wildman–Crippen MR) is 91.1 cm³/mol. The molecule has 3 rings (SSSR count). The van der Waals surface area contributed by atoms with Crippen LogP contribution in [0, 0.1) is 0 Å². The molecule has 0 saturated heterocycles. The second-order valence-electron chi connectivity index (χ2n) is 5.16. The van der Waals surface area contributed by atoms with Gasteiger partial charge in [-0.1, -0.05) is 55.9 Å². The van der Waals surface area contributed by atoms with Crippen molar-refractivity contribution in [3.63, 3.8) is 0 Å². The highest BCUT2D eigenvalue weighted by Gasteiger charge is 2.12. The topological polar surface area (TPSA) is 66.5 Å². The normalized spacial score (nSPS) is 12.5. The molecule has 0 spiro atoms. The van der Waals surface area contributed by atoms with Gasteiger partial charge in [-0.05, 0) is 12.0 Å². The molecule has 0 bridgehead atoms. The first-order chi connectivity index (χ1) is 10.8. The Kier molecular flexibility index (Phi) is 4.58. The summed E-state index contributed by atoms with van der Waals surface area (Å²) in [7, 11) is 0. The van der Waals surface area contributed by atoms with Crippen LogP contribution in [0.5, 0.6) is 0 Å². The van der Waals surface area contributed by atoms with Crippen molar-refractivity contribution in [2.75, 3.05) is 5.32 Å². The number of nitrogens with one attached hydrogen (secondary N) is 2. The van der Waals surface area contributed by atoms with Crippen molar-refractivity contribution in [1.82, 2.24) is 20.2 Å². The summed E-state index contributed by atoms with van der Waals surface area (Å²) in [5.41, 5.74) is 1.99. The van der Waals surface area contributed by atoms with Gasteiger partial charge in [0.25, 0.3) is 0 Å². The smallest absolute Gasteiger partial charge is 0.191 e. The average molecular weight is 313 g/mol. The number of fused-ring (bicyclic) bond motifs is 1. The molecule has 2 N–H and O–H groups in total. The lowest BCUT2D eigenvalue weighted by atomic mass is 10.2. The van der Waals surface area contributed by atoms with Gasteiger partial charge in [0, 0.05) is 11.8 Å². The van der Waals surface area contributed by atoms with Crippen LogP contribution in [-0.4, -0.2) is 25.4 Å². The molecule has 1 aromatic carbocycles. The molecule has 22 heavy (non-hydrogen) atoms. The first kappa shape index (κ1) is 14.8. The van der Waals surface area contributed by atoms with E-state index in [-0.39, 0.29) is 0 Å². The Morgan fingerprint density at radius 3 is 2.82 bits per heavy atom. The highest BCUT2D eigenvalue weighted by molar-refractivity contribution is 7.99. The first-order valence-corrected chi connectivity index (χ1v) is 8.29. The molecule has 114 valence electrons. The summed E-state index contributed by atoms with van der Waals surface area (Å²) in [5.74, 6) is 0.827. The third kappa shape index (κ3) is 3.39. The number of thioether (sulfide) groups is 1. The van der Waals surface area contributed by atoms with Gasteiger partial charge >= 0.3 is 0 Å². The molecule has 5 nitrogen and oxygen atoms in total. The van der Waals surface area contributed by atoms with Crippen LogP contribution in [0.15, 0.2) is 41.7 Å². The molecule has 1 atom stereocenters. The summed E-state index contributed by atoms with van der Waals surface area (Å²) in [6.07, 6.45) is 2.85. The lowest BCUT2D eigenvalue weighted by molar-refractivity contribution is 0.888. The predicted octanol–water partition coefficient (Wildman–Crippen LogP) is 3.86. The molecule has 0 fully saturated rings. The van der Waals surface area contributed by atoms with Gasteiger partial charge in [0.05, 0.1) is 11.6 Å². The monoisotopic (exact) mass is 313 g/mol. The molecule has 1 unspecified atom stereocenters. The summed E-state index contributed by atoms with van der Waals surface area (Å²) in [6.45, 7) is 5.08. The highest BCUT2D eigenvalue weighted by atomic mass is 32.2. The van der Waals surface area contributed by atoms with E-state index in [1.165, 1.54) is 5.56 Å². The molecule has 0 saturated carbocycles. The summed E-state index contributed by atoms with van der Waals surface area (Å²) in [5, 5.41) is 12.6. The van der Waals surface area contributed by atoms with E-state index in [4.69, 9.17) is 0 Å². The zero-order valence-electron chi connectivity index (χ0n) is 12.7. The van der Waals surface area contributed by atoms with Crippen LogP contribution in [0.4, 0.5) is 5.82 Å². The van der Waals surface area contributed by atoms with Crippen molar-refractivity contribution in [2.24, 2.45) is 0 Å². The van der Waals surface area contributed by atoms with E-state index in [0.717, 1.165) is 35.0 Å². The van der Waals surface area contributed by atoms with Crippen molar-refractivity contribution < 1.29 is 0 Å². The SMILES string of the molecule is CCC(C)Sc1nc(NCc2ccccc2)c2cn[nH]c2n1. The Bertz CT molecular complexity index is 741. The fraction of sp³-hybridized carbons (Fsp3) is 0.312. The number of aromatic amines is 1. The molecular weight excluding hydrogens is 294 g/mol. The van der Waals surface area contributed by atoms with Gasteiger partial charge in [0.1, 0.15) is 5.82 Å². The molecule has 0 aliphatic rings. The molecule has 0 amide bonds. The second kappa shape index (κ2) is 6.79. The zero-order valence-corrected chi connectivity index (χ0v) is 13.5. The minimum atomic E-state index is 0.488. The number of aromatic nitrogens is 4. The third-order valence-corrected chi connectivity index (χ3v) is 4.60. The quantitative estimate of drug-likeness (QED) is 0.534. The van der Waals surface area contributed by atoms with Crippen LogP contribution in [-0.2, 0) is 6.54 Å². The van der Waals surface area contributed by atoms with Gasteiger partial charge in [0.2, 0.25) is 0 Å². The number of H-pyrrole nitrogens is 1. The zero-order chi connectivity index (χ0) is 15.4. The van der Waals surface area contributed by atoms with Crippen molar-refractivity contribution in [1.29, 1.82) is 0 Å². The second-order valence-corrected chi connectivity index (χ2v) is 6.57. The molecule has 2 aromatic heterocycles. The Morgan fingerprint density at radius 2 is 2.05 bits per heavy atom. The molecule has 0 aliphatic heterocycles. The van der Waals surface area contributed by atoms with E-state index in [1.54, 1.807) is 18.0 Å². The van der Waals surface area contributed by atoms with Crippen molar-refractivity contribution in [3.05, 3.63) is 42.1 Å². The van der Waals surface area contributed by atoms with Crippen molar-refractivity contribution >= 4 is 28.6 Å². The molecule has 2 heterocycles. The number of nitrogens with zero attached hydrogens (tertiary/aromatic N) is 3. The van der Waals surface area contributed by atoms with Gasteiger partial charge in [-0.15, -0.1) is 0 Å². The van der Waals surface area contributed by atoms with E-state index in [9.17, 15) is 0 Å². The fourth-order valence-electron chi connectivity index (χ4n) is 2.05. The Hall–Kier alpha value is -2.08. The lowest BCUT2D eigenvalue weighted by Crippen LogP contribution is -2.04. The van der Waals surface area contributed by atoms with Gasteiger partial charge in [-0.2, -0.15) is 5.10 Å². The van der Waals surface area contributed by atoms with E-state index in [1.807, 2.05) is 18.2 Å². The van der Waals surface area contributed by atoms with Crippen molar-refractivity contribution in [2.45, 2.75) is 37.2 Å². The van der Waals surface area contributed by atoms with Crippen LogP contribution in [0.2, 0.25) is 0 Å². The number of benzene rings is 1. The Labute approximate surface area is 134 Å². The highest BCUT2D eigenvalue weighted by Crippen LogP contribution is 2.26. The first-order valence-electron chi connectivity index (χ1n) is 7.42. The summed E-state index contributed by atoms with van der Waals surface area (Å²) >= 11 is 1.69. The van der Waals surface area contributed by atoms with Crippen LogP contribution in [0.3, 0.4) is 0 Å². The van der Waals surface area contributed by atoms with E-state index >= 15 is 0 Å². The van der Waals surface area contributed by atoms with Crippen molar-refractivity contribution in [3.8, 4) is 0 Å². The molecular formula is C16H19N5S. The molecule has 0 aliphatic carbocycles. The minimum Gasteiger partial charge on any atom is -0.365 e. The third-order valence-electron chi connectivity index (χ3n) is 3.47. The molecule has 0 radical (unpaired) electrons. The van der Waals surface area contributed by atoms with Gasteiger partial charge in [-0.3, -0.25) is 5.10 Å². The van der Waals surface area contributed by atoms with Crippen LogP contribution >= 0.6 is 11.8 Å². The van der Waals surface area contributed by atoms with E-state index < -0.39 is 0 Å². The molecule has 3 aromatic rings. The lowest BCUT2D eigenvalue weighted by Gasteiger charge is -2.10. The largest absolute Gasteiger partial charge is 0.365 e. The fourth-order valence-corrected chi connectivity index (χ4v) is 2.86. The summed E-state index contributed by atoms with van der Waals surface area (Å²) in [4.78, 5) is 9.19. The maximum Gasteiger partial charge on any atom is 0.191 e. The van der Waals surface area contributed by atoms with Gasteiger partial charge in [0.15, 0.2) is 10.8 Å². The number of anilines is 1. The summed E-state index contributed by atoms with van der Waals surface area (Å²) < 4.78 is 0. The molecule has 6 heteroatoms.